The molecule has 1 N–H and O–H groups in total. The topological polar surface area (TPSA) is 37.8 Å². The molecule has 3 aromatic rings. The fourth-order valence-corrected chi connectivity index (χ4v) is 3.46. The number of thiazole rings is 1. The highest BCUT2D eigenvalue weighted by atomic mass is 32.1. The van der Waals surface area contributed by atoms with E-state index in [1.807, 2.05) is 18.3 Å². The van der Waals surface area contributed by atoms with E-state index in [-0.39, 0.29) is 0 Å². The molecule has 0 aliphatic heterocycles. The first-order chi connectivity index (χ1) is 11.3. The van der Waals surface area contributed by atoms with Crippen molar-refractivity contribution in [1.82, 2.24) is 15.3 Å². The van der Waals surface area contributed by atoms with E-state index in [0.29, 0.717) is 0 Å². The van der Waals surface area contributed by atoms with E-state index in [9.17, 15) is 0 Å². The predicted molar refractivity (Wildman–Crippen MR) is 96.4 cm³/mol. The van der Waals surface area contributed by atoms with Gasteiger partial charge in [0.15, 0.2) is 0 Å². The van der Waals surface area contributed by atoms with Gasteiger partial charge in [0.25, 0.3) is 0 Å². The highest BCUT2D eigenvalue weighted by Gasteiger charge is 2.10. The van der Waals surface area contributed by atoms with Crippen LogP contribution in [0, 0.1) is 6.92 Å². The first-order valence-electron chi connectivity index (χ1n) is 7.92. The van der Waals surface area contributed by atoms with E-state index in [4.69, 9.17) is 4.98 Å². The summed E-state index contributed by atoms with van der Waals surface area (Å²) in [5.41, 5.74) is 4.69. The van der Waals surface area contributed by atoms with Crippen LogP contribution < -0.4 is 5.32 Å². The van der Waals surface area contributed by atoms with Crippen LogP contribution in [-0.2, 0) is 19.5 Å². The lowest BCUT2D eigenvalue weighted by atomic mass is 10.2. The zero-order valence-corrected chi connectivity index (χ0v) is 14.4. The molecule has 0 radical (unpaired) electrons. The van der Waals surface area contributed by atoms with Crippen molar-refractivity contribution in [3.8, 4) is 10.6 Å². The van der Waals surface area contributed by atoms with Gasteiger partial charge in [-0.25, -0.2) is 4.98 Å². The second-order valence-corrected chi connectivity index (χ2v) is 6.59. The van der Waals surface area contributed by atoms with Crippen molar-refractivity contribution in [2.75, 3.05) is 0 Å². The molecule has 3 rings (SSSR count). The van der Waals surface area contributed by atoms with Crippen molar-refractivity contribution in [2.24, 2.45) is 0 Å². The molecule has 0 saturated carbocycles. The zero-order chi connectivity index (χ0) is 16.1. The van der Waals surface area contributed by atoms with Crippen molar-refractivity contribution in [3.63, 3.8) is 0 Å². The lowest BCUT2D eigenvalue weighted by molar-refractivity contribution is 0.697. The van der Waals surface area contributed by atoms with E-state index in [0.717, 1.165) is 35.9 Å². The summed E-state index contributed by atoms with van der Waals surface area (Å²) in [4.78, 5) is 10.4. The minimum absolute atomic E-state index is 0.851. The highest BCUT2D eigenvalue weighted by Crippen LogP contribution is 2.28. The fourth-order valence-electron chi connectivity index (χ4n) is 2.44. The summed E-state index contributed by atoms with van der Waals surface area (Å²) in [7, 11) is 0. The van der Waals surface area contributed by atoms with Gasteiger partial charge in [-0.1, -0.05) is 37.3 Å². The summed E-state index contributed by atoms with van der Waals surface area (Å²) >= 11 is 1.77. The normalized spacial score (nSPS) is 10.9. The minimum atomic E-state index is 0.851. The van der Waals surface area contributed by atoms with Gasteiger partial charge in [0.05, 0.1) is 5.69 Å². The van der Waals surface area contributed by atoms with Crippen LogP contribution in [0.3, 0.4) is 0 Å². The largest absolute Gasteiger partial charge is 0.308 e. The minimum Gasteiger partial charge on any atom is -0.308 e. The fraction of sp³-hybridized carbons (Fsp3) is 0.263. The molecule has 0 bridgehead atoms. The highest BCUT2D eigenvalue weighted by molar-refractivity contribution is 7.15. The maximum Gasteiger partial charge on any atom is 0.124 e. The average molecular weight is 323 g/mol. The van der Waals surface area contributed by atoms with Gasteiger partial charge in [-0.3, -0.25) is 4.98 Å². The number of hydrogen-bond donors (Lipinski definition) is 1. The molecule has 23 heavy (non-hydrogen) atoms. The van der Waals surface area contributed by atoms with Gasteiger partial charge in [-0.2, -0.15) is 0 Å². The molecular formula is C19H21N3S. The van der Waals surface area contributed by atoms with Gasteiger partial charge in [0.2, 0.25) is 0 Å². The summed E-state index contributed by atoms with van der Waals surface area (Å²) in [6, 6.07) is 14.6. The summed E-state index contributed by atoms with van der Waals surface area (Å²) in [6.07, 6.45) is 2.82. The molecule has 1 aromatic carbocycles. The van der Waals surface area contributed by atoms with Gasteiger partial charge in [-0.05, 0) is 31.0 Å². The van der Waals surface area contributed by atoms with Crippen molar-refractivity contribution < 1.29 is 0 Å². The van der Waals surface area contributed by atoms with Crippen molar-refractivity contribution in [2.45, 2.75) is 33.4 Å². The van der Waals surface area contributed by atoms with E-state index in [1.54, 1.807) is 11.3 Å². The number of aryl methyl sites for hydroxylation is 2. The Morgan fingerprint density at radius 2 is 1.91 bits per heavy atom. The number of nitrogens with one attached hydrogen (secondary N) is 1. The molecule has 0 unspecified atom stereocenters. The summed E-state index contributed by atoms with van der Waals surface area (Å²) in [6.45, 7) is 5.94. The van der Waals surface area contributed by atoms with E-state index < -0.39 is 0 Å². The molecule has 3 nitrogen and oxygen atoms in total. The maximum absolute atomic E-state index is 4.73. The number of benzene rings is 1. The van der Waals surface area contributed by atoms with Crippen LogP contribution >= 0.6 is 11.3 Å². The van der Waals surface area contributed by atoms with E-state index >= 15 is 0 Å². The average Bonchev–Trinajstić information content (AvgIpc) is 2.97. The molecule has 0 atom stereocenters. The number of pyridine rings is 1. The van der Waals surface area contributed by atoms with Gasteiger partial charge in [0.1, 0.15) is 5.01 Å². The van der Waals surface area contributed by atoms with Crippen LogP contribution in [0.4, 0.5) is 0 Å². The lowest BCUT2D eigenvalue weighted by Gasteiger charge is -2.03. The molecule has 4 heteroatoms. The Labute approximate surface area is 141 Å². The van der Waals surface area contributed by atoms with Gasteiger partial charge >= 0.3 is 0 Å². The number of hydrogen-bond acceptors (Lipinski definition) is 4. The molecule has 0 spiro atoms. The summed E-state index contributed by atoms with van der Waals surface area (Å²) < 4.78 is 0. The molecule has 2 heterocycles. The Bertz CT molecular complexity index is 765. The van der Waals surface area contributed by atoms with Crippen LogP contribution in [0.15, 0.2) is 48.7 Å². The second-order valence-electron chi connectivity index (χ2n) is 5.51. The van der Waals surface area contributed by atoms with Crippen molar-refractivity contribution in [1.29, 1.82) is 0 Å². The predicted octanol–water partition coefficient (Wildman–Crippen LogP) is 4.37. The first kappa shape index (κ1) is 15.8. The Morgan fingerprint density at radius 3 is 2.70 bits per heavy atom. The molecule has 118 valence electrons. The molecule has 0 saturated heterocycles. The van der Waals surface area contributed by atoms with Gasteiger partial charge in [-0.15, -0.1) is 11.3 Å². The number of rotatable bonds is 6. The molecule has 0 aliphatic rings. The van der Waals surface area contributed by atoms with Crippen LogP contribution in [0.25, 0.3) is 10.6 Å². The number of aromatic nitrogens is 2. The van der Waals surface area contributed by atoms with Crippen LogP contribution in [-0.4, -0.2) is 9.97 Å². The maximum atomic E-state index is 4.73. The molecule has 0 fully saturated rings. The SMILES string of the molecule is CCc1cc(-c2nc(C)c(CNCc3ccccc3)s2)ccn1. The van der Waals surface area contributed by atoms with Crippen LogP contribution in [0.1, 0.15) is 28.8 Å². The third-order valence-corrected chi connectivity index (χ3v) is 4.98. The first-order valence-corrected chi connectivity index (χ1v) is 8.74. The lowest BCUT2D eigenvalue weighted by Crippen LogP contribution is -2.12. The Morgan fingerprint density at radius 1 is 1.09 bits per heavy atom. The smallest absolute Gasteiger partial charge is 0.124 e. The Kier molecular flexibility index (Phi) is 5.16. The van der Waals surface area contributed by atoms with Crippen molar-refractivity contribution in [3.05, 3.63) is 70.5 Å². The second kappa shape index (κ2) is 7.49. The van der Waals surface area contributed by atoms with E-state index in [2.05, 4.69) is 54.5 Å². The van der Waals surface area contributed by atoms with Crippen molar-refractivity contribution >= 4 is 11.3 Å². The summed E-state index contributed by atoms with van der Waals surface area (Å²) in [5, 5.41) is 4.58. The Balaban J connectivity index is 1.68. The monoisotopic (exact) mass is 323 g/mol. The molecule has 2 aromatic heterocycles. The van der Waals surface area contributed by atoms with Crippen LogP contribution in [0.2, 0.25) is 0 Å². The molecule has 0 aliphatic carbocycles. The Hall–Kier alpha value is -2.04. The zero-order valence-electron chi connectivity index (χ0n) is 13.5. The quantitative estimate of drug-likeness (QED) is 0.732. The third-order valence-electron chi connectivity index (χ3n) is 3.78. The third kappa shape index (κ3) is 4.03. The summed E-state index contributed by atoms with van der Waals surface area (Å²) in [5.74, 6) is 0. The van der Waals surface area contributed by atoms with E-state index in [1.165, 1.54) is 16.0 Å². The molecule has 0 amide bonds. The number of nitrogens with zero attached hydrogens (tertiary/aromatic N) is 2. The van der Waals surface area contributed by atoms with Crippen LogP contribution in [0.5, 0.6) is 0 Å². The molecular weight excluding hydrogens is 302 g/mol. The van der Waals surface area contributed by atoms with Gasteiger partial charge < -0.3 is 5.32 Å². The standard InChI is InChI=1S/C19H21N3S/c1-3-17-11-16(9-10-21-17)19-22-14(2)18(23-19)13-20-12-15-7-5-4-6-8-15/h4-11,20H,3,12-13H2,1-2H3. The van der Waals surface area contributed by atoms with Gasteiger partial charge in [0, 0.05) is 35.4 Å².